The number of ether oxygens (including phenoxy) is 3. The lowest BCUT2D eigenvalue weighted by Gasteiger charge is -2.29. The van der Waals surface area contributed by atoms with Gasteiger partial charge in [-0.1, -0.05) is 24.3 Å². The Labute approximate surface area is 183 Å². The monoisotopic (exact) mass is 420 g/mol. The van der Waals surface area contributed by atoms with Crippen molar-refractivity contribution in [3.05, 3.63) is 72.1 Å². The first-order valence-corrected chi connectivity index (χ1v) is 10.4. The van der Waals surface area contributed by atoms with Crippen molar-refractivity contribution < 1.29 is 14.2 Å². The fraction of sp³-hybridized carbons (Fsp3) is 0.333. The molecule has 1 fully saturated rings. The zero-order valence-electron chi connectivity index (χ0n) is 18.0. The second kappa shape index (κ2) is 10.1. The topological polar surface area (TPSA) is 60.0 Å². The highest BCUT2D eigenvalue weighted by molar-refractivity contribution is 5.46. The molecule has 0 spiro atoms. The molecule has 2 heterocycles. The lowest BCUT2D eigenvalue weighted by Crippen LogP contribution is -2.36. The molecule has 2 aromatic carbocycles. The van der Waals surface area contributed by atoms with Gasteiger partial charge in [0.05, 0.1) is 45.5 Å². The molecular weight excluding hydrogens is 392 g/mol. The summed E-state index contributed by atoms with van der Waals surface area (Å²) in [5, 5.41) is 0. The normalized spacial score (nSPS) is 13.7. The van der Waals surface area contributed by atoms with Gasteiger partial charge in [-0.05, 0) is 35.4 Å². The largest absolute Gasteiger partial charge is 0.497 e. The summed E-state index contributed by atoms with van der Waals surface area (Å²) in [7, 11) is 3.35. The molecule has 1 aliphatic rings. The highest BCUT2D eigenvalue weighted by atomic mass is 16.5. The molecule has 0 aliphatic carbocycles. The molecule has 1 aliphatic heterocycles. The third kappa shape index (κ3) is 5.44. The predicted octanol–water partition coefficient (Wildman–Crippen LogP) is 3.54. The molecule has 31 heavy (non-hydrogen) atoms. The lowest BCUT2D eigenvalue weighted by molar-refractivity contribution is 0.122. The number of benzene rings is 2. The number of rotatable bonds is 8. The highest BCUT2D eigenvalue weighted by Gasteiger charge is 2.15. The van der Waals surface area contributed by atoms with Gasteiger partial charge >= 0.3 is 0 Å². The standard InChI is InChI=1S/C24H28N4O3/c1-29-22-7-3-19(4-8-22)17-28(18-20-5-9-23(30-2)10-6-20)24-25-15-21(16-26-24)27-11-13-31-14-12-27/h3-10,15-16H,11-14,17-18H2,1-2H3. The molecule has 0 amide bonds. The van der Waals surface area contributed by atoms with E-state index in [1.54, 1.807) is 14.2 Å². The van der Waals surface area contributed by atoms with Crippen molar-refractivity contribution in [3.8, 4) is 11.5 Å². The maximum Gasteiger partial charge on any atom is 0.225 e. The summed E-state index contributed by atoms with van der Waals surface area (Å²) in [6.07, 6.45) is 3.81. The van der Waals surface area contributed by atoms with Gasteiger partial charge in [0.2, 0.25) is 5.95 Å². The Balaban J connectivity index is 1.55. The van der Waals surface area contributed by atoms with Gasteiger partial charge in [0.1, 0.15) is 11.5 Å². The van der Waals surface area contributed by atoms with Crippen molar-refractivity contribution in [1.82, 2.24) is 9.97 Å². The van der Waals surface area contributed by atoms with Crippen LogP contribution in [0.5, 0.6) is 11.5 Å². The summed E-state index contributed by atoms with van der Waals surface area (Å²) in [6, 6.07) is 16.2. The van der Waals surface area contributed by atoms with E-state index in [-0.39, 0.29) is 0 Å². The van der Waals surface area contributed by atoms with E-state index in [0.29, 0.717) is 19.0 Å². The highest BCUT2D eigenvalue weighted by Crippen LogP contribution is 2.22. The van der Waals surface area contributed by atoms with E-state index in [9.17, 15) is 0 Å². The van der Waals surface area contributed by atoms with E-state index in [2.05, 4.69) is 34.1 Å². The molecule has 0 N–H and O–H groups in total. The molecule has 0 saturated carbocycles. The molecule has 4 rings (SSSR count). The summed E-state index contributed by atoms with van der Waals surface area (Å²) in [5.41, 5.74) is 3.35. The minimum absolute atomic E-state index is 0.687. The SMILES string of the molecule is COc1ccc(CN(Cc2ccc(OC)cc2)c2ncc(N3CCOCC3)cn2)cc1. The number of hydrogen-bond acceptors (Lipinski definition) is 7. The molecule has 7 nitrogen and oxygen atoms in total. The van der Waals surface area contributed by atoms with Crippen LogP contribution in [0.2, 0.25) is 0 Å². The molecule has 1 aromatic heterocycles. The smallest absolute Gasteiger partial charge is 0.225 e. The maximum absolute atomic E-state index is 5.44. The lowest BCUT2D eigenvalue weighted by atomic mass is 10.1. The Morgan fingerprint density at radius 1 is 0.806 bits per heavy atom. The second-order valence-electron chi connectivity index (χ2n) is 7.39. The maximum atomic E-state index is 5.44. The zero-order valence-corrected chi connectivity index (χ0v) is 18.0. The van der Waals surface area contributed by atoms with Gasteiger partial charge in [-0.25, -0.2) is 9.97 Å². The van der Waals surface area contributed by atoms with Crippen molar-refractivity contribution >= 4 is 11.6 Å². The molecule has 7 heteroatoms. The summed E-state index contributed by atoms with van der Waals surface area (Å²) in [4.78, 5) is 13.8. The van der Waals surface area contributed by atoms with Gasteiger partial charge in [0, 0.05) is 26.2 Å². The molecular formula is C24H28N4O3. The van der Waals surface area contributed by atoms with E-state index in [0.717, 1.165) is 54.6 Å². The Morgan fingerprint density at radius 3 is 1.74 bits per heavy atom. The molecule has 0 unspecified atom stereocenters. The molecule has 0 radical (unpaired) electrons. The second-order valence-corrected chi connectivity index (χ2v) is 7.39. The number of nitrogens with zero attached hydrogens (tertiary/aromatic N) is 4. The number of hydrogen-bond donors (Lipinski definition) is 0. The third-order valence-corrected chi connectivity index (χ3v) is 5.35. The van der Waals surface area contributed by atoms with Crippen LogP contribution in [0.3, 0.4) is 0 Å². The summed E-state index contributed by atoms with van der Waals surface area (Å²) < 4.78 is 16.0. The molecule has 0 atom stereocenters. The fourth-order valence-electron chi connectivity index (χ4n) is 3.56. The van der Waals surface area contributed by atoms with Crippen LogP contribution in [0, 0.1) is 0 Å². The predicted molar refractivity (Wildman–Crippen MR) is 121 cm³/mol. The van der Waals surface area contributed by atoms with Gasteiger partial charge < -0.3 is 24.0 Å². The van der Waals surface area contributed by atoms with E-state index >= 15 is 0 Å². The quantitative estimate of drug-likeness (QED) is 0.552. The van der Waals surface area contributed by atoms with Gasteiger partial charge in [-0.2, -0.15) is 0 Å². The minimum Gasteiger partial charge on any atom is -0.497 e. The van der Waals surface area contributed by atoms with Crippen LogP contribution < -0.4 is 19.3 Å². The Kier molecular flexibility index (Phi) is 6.84. The third-order valence-electron chi connectivity index (χ3n) is 5.35. The zero-order chi connectivity index (χ0) is 21.5. The van der Waals surface area contributed by atoms with Gasteiger partial charge in [0.15, 0.2) is 0 Å². The van der Waals surface area contributed by atoms with E-state index in [4.69, 9.17) is 24.2 Å². The van der Waals surface area contributed by atoms with Crippen LogP contribution in [-0.2, 0) is 17.8 Å². The summed E-state index contributed by atoms with van der Waals surface area (Å²) in [6.45, 7) is 4.58. The van der Waals surface area contributed by atoms with Crippen LogP contribution in [0.25, 0.3) is 0 Å². The van der Waals surface area contributed by atoms with E-state index < -0.39 is 0 Å². The van der Waals surface area contributed by atoms with Crippen molar-refractivity contribution in [2.24, 2.45) is 0 Å². The van der Waals surface area contributed by atoms with Crippen LogP contribution in [-0.4, -0.2) is 50.5 Å². The number of morpholine rings is 1. The first kappa shape index (κ1) is 20.9. The summed E-state index contributed by atoms with van der Waals surface area (Å²) in [5.74, 6) is 2.39. The van der Waals surface area contributed by atoms with Crippen LogP contribution in [0.15, 0.2) is 60.9 Å². The average Bonchev–Trinajstić information content (AvgIpc) is 2.85. The average molecular weight is 421 g/mol. The van der Waals surface area contributed by atoms with Gasteiger partial charge in [-0.3, -0.25) is 0 Å². The molecule has 1 saturated heterocycles. The fourth-order valence-corrected chi connectivity index (χ4v) is 3.56. The first-order chi connectivity index (χ1) is 15.2. The van der Waals surface area contributed by atoms with Crippen molar-refractivity contribution in [3.63, 3.8) is 0 Å². The number of anilines is 2. The Hall–Kier alpha value is -3.32. The van der Waals surface area contributed by atoms with Crippen molar-refractivity contribution in [2.75, 3.05) is 50.3 Å². The van der Waals surface area contributed by atoms with Crippen molar-refractivity contribution in [1.29, 1.82) is 0 Å². The van der Waals surface area contributed by atoms with Gasteiger partial charge in [0.25, 0.3) is 0 Å². The number of methoxy groups -OCH3 is 2. The van der Waals surface area contributed by atoms with Crippen LogP contribution in [0.4, 0.5) is 11.6 Å². The minimum atomic E-state index is 0.687. The molecule has 162 valence electrons. The van der Waals surface area contributed by atoms with E-state index in [1.165, 1.54) is 0 Å². The Morgan fingerprint density at radius 2 is 1.29 bits per heavy atom. The Bertz CT molecular complexity index is 891. The number of aromatic nitrogens is 2. The van der Waals surface area contributed by atoms with Crippen molar-refractivity contribution in [2.45, 2.75) is 13.1 Å². The van der Waals surface area contributed by atoms with Crippen LogP contribution >= 0.6 is 0 Å². The van der Waals surface area contributed by atoms with Gasteiger partial charge in [-0.15, -0.1) is 0 Å². The first-order valence-electron chi connectivity index (χ1n) is 10.4. The van der Waals surface area contributed by atoms with Crippen LogP contribution in [0.1, 0.15) is 11.1 Å². The molecule has 3 aromatic rings. The molecule has 0 bridgehead atoms. The summed E-state index contributed by atoms with van der Waals surface area (Å²) >= 11 is 0. The van der Waals surface area contributed by atoms with E-state index in [1.807, 2.05) is 36.7 Å².